The van der Waals surface area contributed by atoms with Crippen LogP contribution in [0.3, 0.4) is 0 Å². The normalized spacial score (nSPS) is 14.2. The number of aliphatic carboxylic acids is 1. The molecule has 35 heavy (non-hydrogen) atoms. The Kier molecular flexibility index (Phi) is 11.7. The number of carboxylic acid groups (broad SMARTS) is 1. The van der Waals surface area contributed by atoms with E-state index >= 15 is 0 Å². The molecule has 0 saturated carbocycles. The molecular weight excluding hydrogens is 458 g/mol. The van der Waals surface area contributed by atoms with Crippen molar-refractivity contribution in [1.29, 1.82) is 0 Å². The van der Waals surface area contributed by atoms with E-state index in [1.807, 2.05) is 13.8 Å². The highest BCUT2D eigenvalue weighted by Crippen LogP contribution is 2.11. The van der Waals surface area contributed by atoms with Crippen molar-refractivity contribution < 1.29 is 34.2 Å². The lowest BCUT2D eigenvalue weighted by Crippen LogP contribution is -2.54. The quantitative estimate of drug-likeness (QED) is 0.181. The van der Waals surface area contributed by atoms with Crippen molar-refractivity contribution in [2.45, 2.75) is 64.7 Å². The number of hydrogen-bond acceptors (Lipinski definition) is 7. The van der Waals surface area contributed by atoms with Crippen LogP contribution in [-0.4, -0.2) is 70.5 Å². The zero-order valence-electron chi connectivity index (χ0n) is 20.3. The molecule has 0 aliphatic carbocycles. The maximum Gasteiger partial charge on any atom is 0.326 e. The summed E-state index contributed by atoms with van der Waals surface area (Å²) in [5.74, 6) is -3.52. The van der Waals surface area contributed by atoms with Gasteiger partial charge in [-0.2, -0.15) is 0 Å². The predicted molar refractivity (Wildman–Crippen MR) is 127 cm³/mol. The highest BCUT2D eigenvalue weighted by Gasteiger charge is 2.25. The summed E-state index contributed by atoms with van der Waals surface area (Å²) in [5.41, 5.74) is 6.37. The van der Waals surface area contributed by atoms with Crippen molar-refractivity contribution in [3.63, 3.8) is 0 Å². The number of nitrogens with one attached hydrogen (secondary N) is 4. The molecule has 0 bridgehead atoms. The largest absolute Gasteiger partial charge is 0.508 e. The number of phenols is 1. The molecule has 4 atom stereocenters. The summed E-state index contributed by atoms with van der Waals surface area (Å²) >= 11 is 0. The molecule has 1 aromatic rings. The van der Waals surface area contributed by atoms with E-state index in [1.54, 1.807) is 0 Å². The lowest BCUT2D eigenvalue weighted by Gasteiger charge is -2.20. The molecule has 0 aromatic heterocycles. The summed E-state index contributed by atoms with van der Waals surface area (Å²) in [6.45, 7) is 6.20. The molecule has 194 valence electrons. The number of rotatable bonds is 13. The van der Waals surface area contributed by atoms with Gasteiger partial charge in [0.05, 0.1) is 12.6 Å². The Morgan fingerprint density at radius 3 is 1.97 bits per heavy atom. The number of amides is 4. The third kappa shape index (κ3) is 10.9. The van der Waals surface area contributed by atoms with Gasteiger partial charge in [0.25, 0.3) is 0 Å². The van der Waals surface area contributed by atoms with Gasteiger partial charge in [0, 0.05) is 6.42 Å². The summed E-state index contributed by atoms with van der Waals surface area (Å²) in [4.78, 5) is 60.2. The molecule has 4 amide bonds. The number of benzene rings is 1. The Morgan fingerprint density at radius 1 is 0.857 bits per heavy atom. The van der Waals surface area contributed by atoms with Gasteiger partial charge in [0.1, 0.15) is 23.9 Å². The zero-order valence-corrected chi connectivity index (χ0v) is 20.3. The highest BCUT2D eigenvalue weighted by atomic mass is 16.4. The average molecular weight is 494 g/mol. The summed E-state index contributed by atoms with van der Waals surface area (Å²) in [6.07, 6.45) is 0.433. The van der Waals surface area contributed by atoms with Crippen LogP contribution >= 0.6 is 0 Å². The van der Waals surface area contributed by atoms with Crippen molar-refractivity contribution >= 4 is 29.6 Å². The van der Waals surface area contributed by atoms with E-state index in [0.29, 0.717) is 12.0 Å². The van der Waals surface area contributed by atoms with Gasteiger partial charge in [-0.1, -0.05) is 26.0 Å². The van der Waals surface area contributed by atoms with E-state index in [9.17, 15) is 34.2 Å². The first kappa shape index (κ1) is 29.4. The molecule has 0 unspecified atom stereocenters. The monoisotopic (exact) mass is 493 g/mol. The summed E-state index contributed by atoms with van der Waals surface area (Å²) in [7, 11) is 0. The van der Waals surface area contributed by atoms with Gasteiger partial charge in [-0.3, -0.25) is 19.2 Å². The van der Waals surface area contributed by atoms with E-state index in [4.69, 9.17) is 5.73 Å². The van der Waals surface area contributed by atoms with Crippen LogP contribution in [-0.2, 0) is 30.4 Å². The predicted octanol–water partition coefficient (Wildman–Crippen LogP) is -0.997. The second-order valence-corrected chi connectivity index (χ2v) is 8.74. The van der Waals surface area contributed by atoms with Crippen LogP contribution in [0.5, 0.6) is 5.75 Å². The van der Waals surface area contributed by atoms with Crippen LogP contribution in [0, 0.1) is 5.92 Å². The van der Waals surface area contributed by atoms with Gasteiger partial charge >= 0.3 is 5.97 Å². The standard InChI is InChI=1S/C23H35N5O7/c1-12(2)9-17(24)22(33)27-13(3)20(31)25-11-19(30)26-14(4)21(32)28-18(23(34)35)10-15-5-7-16(29)8-6-15/h5-8,12-14,17-18,29H,9-11,24H2,1-4H3,(H,25,31)(H,26,30)(H,27,33)(H,28,32)(H,34,35)/t13-,14-,17-,18-/m0/s1. The molecule has 0 spiro atoms. The van der Waals surface area contributed by atoms with Crippen LogP contribution in [0.15, 0.2) is 24.3 Å². The number of carboxylic acids is 1. The van der Waals surface area contributed by atoms with E-state index in [-0.39, 0.29) is 18.1 Å². The van der Waals surface area contributed by atoms with Crippen LogP contribution in [0.4, 0.5) is 0 Å². The van der Waals surface area contributed by atoms with Crippen molar-refractivity contribution in [1.82, 2.24) is 21.3 Å². The van der Waals surface area contributed by atoms with Crippen LogP contribution < -0.4 is 27.0 Å². The molecule has 12 nitrogen and oxygen atoms in total. The van der Waals surface area contributed by atoms with Crippen molar-refractivity contribution in [2.24, 2.45) is 11.7 Å². The fraction of sp³-hybridized carbons (Fsp3) is 0.522. The third-order valence-corrected chi connectivity index (χ3v) is 5.00. The number of carbonyl (C=O) groups excluding carboxylic acids is 4. The molecule has 8 N–H and O–H groups in total. The molecule has 0 fully saturated rings. The van der Waals surface area contributed by atoms with Gasteiger partial charge in [0.2, 0.25) is 23.6 Å². The minimum Gasteiger partial charge on any atom is -0.508 e. The second-order valence-electron chi connectivity index (χ2n) is 8.74. The smallest absolute Gasteiger partial charge is 0.326 e. The number of hydrogen-bond donors (Lipinski definition) is 7. The molecule has 0 heterocycles. The fourth-order valence-electron chi connectivity index (χ4n) is 3.04. The Bertz CT molecular complexity index is 904. The van der Waals surface area contributed by atoms with Crippen molar-refractivity contribution in [3.8, 4) is 5.75 Å². The SMILES string of the molecule is CC(C)C[C@H](N)C(=O)N[C@@H](C)C(=O)NCC(=O)N[C@@H](C)C(=O)N[C@@H](Cc1ccc(O)cc1)C(=O)O. The van der Waals surface area contributed by atoms with Crippen LogP contribution in [0.2, 0.25) is 0 Å². The molecule has 1 aromatic carbocycles. The van der Waals surface area contributed by atoms with Gasteiger partial charge in [-0.25, -0.2) is 4.79 Å². The van der Waals surface area contributed by atoms with Gasteiger partial charge in [-0.05, 0) is 43.9 Å². The van der Waals surface area contributed by atoms with Crippen LogP contribution in [0.25, 0.3) is 0 Å². The third-order valence-electron chi connectivity index (χ3n) is 5.00. The van der Waals surface area contributed by atoms with Gasteiger partial charge in [-0.15, -0.1) is 0 Å². The van der Waals surface area contributed by atoms with Gasteiger partial charge < -0.3 is 37.2 Å². The second kappa shape index (κ2) is 13.9. The first-order chi connectivity index (χ1) is 16.3. The number of phenolic OH excluding ortho intramolecular Hbond substituents is 1. The molecule has 1 rings (SSSR count). The maximum absolute atomic E-state index is 12.4. The Balaban J connectivity index is 2.50. The summed E-state index contributed by atoms with van der Waals surface area (Å²) in [6, 6.07) is 1.87. The lowest BCUT2D eigenvalue weighted by molar-refractivity contribution is -0.142. The molecular formula is C23H35N5O7. The Morgan fingerprint density at radius 2 is 1.43 bits per heavy atom. The van der Waals surface area contributed by atoms with E-state index in [1.165, 1.54) is 38.1 Å². The molecule has 0 aliphatic heterocycles. The first-order valence-corrected chi connectivity index (χ1v) is 11.2. The minimum absolute atomic E-state index is 0.0253. The van der Waals surface area contributed by atoms with E-state index < -0.39 is 60.3 Å². The fourth-order valence-corrected chi connectivity index (χ4v) is 3.04. The molecule has 12 heteroatoms. The number of nitrogens with two attached hydrogens (primary N) is 1. The Hall–Kier alpha value is -3.67. The molecule has 0 aliphatic rings. The van der Waals surface area contributed by atoms with Gasteiger partial charge in [0.15, 0.2) is 0 Å². The zero-order chi connectivity index (χ0) is 26.7. The van der Waals surface area contributed by atoms with Crippen molar-refractivity contribution in [2.75, 3.05) is 6.54 Å². The topological polar surface area (TPSA) is 200 Å². The van der Waals surface area contributed by atoms with E-state index in [2.05, 4.69) is 21.3 Å². The highest BCUT2D eigenvalue weighted by molar-refractivity contribution is 5.93. The molecule has 0 saturated heterocycles. The Labute approximate surface area is 204 Å². The van der Waals surface area contributed by atoms with Crippen LogP contribution in [0.1, 0.15) is 39.7 Å². The maximum atomic E-state index is 12.4. The van der Waals surface area contributed by atoms with Crippen molar-refractivity contribution in [3.05, 3.63) is 29.8 Å². The summed E-state index contributed by atoms with van der Waals surface area (Å²) < 4.78 is 0. The molecule has 0 radical (unpaired) electrons. The first-order valence-electron chi connectivity index (χ1n) is 11.2. The number of carbonyl (C=O) groups is 5. The lowest BCUT2D eigenvalue weighted by atomic mass is 10.0. The number of aromatic hydroxyl groups is 1. The average Bonchev–Trinajstić information content (AvgIpc) is 2.77. The van der Waals surface area contributed by atoms with E-state index in [0.717, 1.165) is 0 Å². The summed E-state index contributed by atoms with van der Waals surface area (Å²) in [5, 5.41) is 28.3. The minimum atomic E-state index is -1.26.